The van der Waals surface area contributed by atoms with Gasteiger partial charge in [0, 0.05) is 13.2 Å². The number of rotatable bonds is 4. The minimum absolute atomic E-state index is 0.0380. The Labute approximate surface area is 103 Å². The monoisotopic (exact) mass is 240 g/mol. The first kappa shape index (κ1) is 12.8. The summed E-state index contributed by atoms with van der Waals surface area (Å²) in [6, 6.07) is 0.0380. The highest BCUT2D eigenvalue weighted by molar-refractivity contribution is 5.81. The van der Waals surface area contributed by atoms with Crippen molar-refractivity contribution in [1.29, 1.82) is 0 Å². The number of carbonyl (C=O) groups is 1. The SMILES string of the molecule is O=C(NCCC1CCCCO1)[C@H]1CCCCN1. The molecule has 0 aromatic carbocycles. The van der Waals surface area contributed by atoms with E-state index in [0.717, 1.165) is 45.4 Å². The zero-order valence-corrected chi connectivity index (χ0v) is 10.5. The van der Waals surface area contributed by atoms with Crippen LogP contribution in [-0.2, 0) is 9.53 Å². The summed E-state index contributed by atoms with van der Waals surface area (Å²) in [5.41, 5.74) is 0. The van der Waals surface area contributed by atoms with E-state index >= 15 is 0 Å². The van der Waals surface area contributed by atoms with Crippen LogP contribution in [0.5, 0.6) is 0 Å². The highest BCUT2D eigenvalue weighted by Gasteiger charge is 2.20. The maximum atomic E-state index is 11.8. The van der Waals surface area contributed by atoms with Crippen LogP contribution in [0.2, 0.25) is 0 Å². The van der Waals surface area contributed by atoms with Gasteiger partial charge in [0.2, 0.25) is 5.91 Å². The molecule has 0 radical (unpaired) electrons. The van der Waals surface area contributed by atoms with Crippen LogP contribution < -0.4 is 10.6 Å². The molecule has 0 aromatic heterocycles. The topological polar surface area (TPSA) is 50.4 Å². The summed E-state index contributed by atoms with van der Waals surface area (Å²) in [6.45, 7) is 2.62. The molecule has 0 aliphatic carbocycles. The first-order valence-corrected chi connectivity index (χ1v) is 6.99. The van der Waals surface area contributed by atoms with Gasteiger partial charge < -0.3 is 15.4 Å². The van der Waals surface area contributed by atoms with E-state index in [0.29, 0.717) is 6.10 Å². The molecule has 2 N–H and O–H groups in total. The Morgan fingerprint density at radius 1 is 1.24 bits per heavy atom. The number of carbonyl (C=O) groups excluding carboxylic acids is 1. The summed E-state index contributed by atoms with van der Waals surface area (Å²) < 4.78 is 5.64. The lowest BCUT2D eigenvalue weighted by Crippen LogP contribution is -2.47. The largest absolute Gasteiger partial charge is 0.378 e. The number of ether oxygens (including phenoxy) is 1. The van der Waals surface area contributed by atoms with Crippen molar-refractivity contribution >= 4 is 5.91 Å². The molecule has 17 heavy (non-hydrogen) atoms. The smallest absolute Gasteiger partial charge is 0.237 e. The Bertz CT molecular complexity index is 234. The van der Waals surface area contributed by atoms with Crippen molar-refractivity contribution in [2.75, 3.05) is 19.7 Å². The van der Waals surface area contributed by atoms with E-state index in [4.69, 9.17) is 4.74 Å². The second kappa shape index (κ2) is 6.97. The van der Waals surface area contributed by atoms with E-state index in [2.05, 4.69) is 10.6 Å². The molecule has 2 rings (SSSR count). The molecule has 4 nitrogen and oxygen atoms in total. The van der Waals surface area contributed by atoms with Gasteiger partial charge in [-0.2, -0.15) is 0 Å². The van der Waals surface area contributed by atoms with Crippen molar-refractivity contribution in [3.63, 3.8) is 0 Å². The highest BCUT2D eigenvalue weighted by atomic mass is 16.5. The van der Waals surface area contributed by atoms with Crippen LogP contribution in [0, 0.1) is 0 Å². The Morgan fingerprint density at radius 2 is 2.12 bits per heavy atom. The quantitative estimate of drug-likeness (QED) is 0.776. The van der Waals surface area contributed by atoms with E-state index in [1.807, 2.05) is 0 Å². The van der Waals surface area contributed by atoms with Gasteiger partial charge >= 0.3 is 0 Å². The molecule has 1 unspecified atom stereocenters. The molecule has 0 aromatic rings. The van der Waals surface area contributed by atoms with E-state index < -0.39 is 0 Å². The van der Waals surface area contributed by atoms with E-state index in [-0.39, 0.29) is 11.9 Å². The van der Waals surface area contributed by atoms with E-state index in [1.165, 1.54) is 19.3 Å². The van der Waals surface area contributed by atoms with Crippen LogP contribution in [-0.4, -0.2) is 37.7 Å². The van der Waals surface area contributed by atoms with Gasteiger partial charge in [-0.3, -0.25) is 4.79 Å². The first-order chi connectivity index (χ1) is 8.36. The maximum Gasteiger partial charge on any atom is 0.237 e. The van der Waals surface area contributed by atoms with Gasteiger partial charge in [0.05, 0.1) is 12.1 Å². The van der Waals surface area contributed by atoms with Gasteiger partial charge in [-0.1, -0.05) is 6.42 Å². The van der Waals surface area contributed by atoms with Crippen molar-refractivity contribution in [3.05, 3.63) is 0 Å². The van der Waals surface area contributed by atoms with Crippen molar-refractivity contribution in [3.8, 4) is 0 Å². The Hall–Kier alpha value is -0.610. The normalized spacial score (nSPS) is 29.9. The minimum atomic E-state index is 0.0380. The summed E-state index contributed by atoms with van der Waals surface area (Å²) in [5, 5.41) is 6.28. The number of amides is 1. The Kier molecular flexibility index (Phi) is 5.26. The molecule has 98 valence electrons. The molecular formula is C13H24N2O2. The second-order valence-electron chi connectivity index (χ2n) is 5.07. The van der Waals surface area contributed by atoms with Gasteiger partial charge in [-0.25, -0.2) is 0 Å². The fraction of sp³-hybridized carbons (Fsp3) is 0.923. The van der Waals surface area contributed by atoms with Crippen LogP contribution in [0.1, 0.15) is 44.9 Å². The second-order valence-corrected chi connectivity index (χ2v) is 5.07. The first-order valence-electron chi connectivity index (χ1n) is 6.99. The third-order valence-corrected chi connectivity index (χ3v) is 3.67. The van der Waals surface area contributed by atoms with Gasteiger partial charge in [0.1, 0.15) is 0 Å². The van der Waals surface area contributed by atoms with Crippen molar-refractivity contribution in [2.45, 2.75) is 57.1 Å². The van der Waals surface area contributed by atoms with Crippen LogP contribution in [0.15, 0.2) is 0 Å². The molecule has 2 heterocycles. The lowest BCUT2D eigenvalue weighted by molar-refractivity contribution is -0.123. The predicted octanol–water partition coefficient (Wildman–Crippen LogP) is 1.20. The van der Waals surface area contributed by atoms with Crippen LogP contribution >= 0.6 is 0 Å². The number of nitrogens with one attached hydrogen (secondary N) is 2. The Balaban J connectivity index is 1.58. The third kappa shape index (κ3) is 4.28. The molecule has 0 spiro atoms. The molecule has 2 atom stereocenters. The average molecular weight is 240 g/mol. The Morgan fingerprint density at radius 3 is 2.82 bits per heavy atom. The van der Waals surface area contributed by atoms with Crippen molar-refractivity contribution < 1.29 is 9.53 Å². The molecule has 2 saturated heterocycles. The predicted molar refractivity (Wildman–Crippen MR) is 66.9 cm³/mol. The lowest BCUT2D eigenvalue weighted by atomic mass is 10.0. The summed E-state index contributed by atoms with van der Waals surface area (Å²) in [6.07, 6.45) is 8.26. The average Bonchev–Trinajstić information content (AvgIpc) is 2.41. The molecule has 1 amide bonds. The van der Waals surface area contributed by atoms with Crippen LogP contribution in [0.3, 0.4) is 0 Å². The number of piperidine rings is 1. The van der Waals surface area contributed by atoms with Gasteiger partial charge in [0.15, 0.2) is 0 Å². The maximum absolute atomic E-state index is 11.8. The molecule has 4 heteroatoms. The van der Waals surface area contributed by atoms with Gasteiger partial charge in [-0.05, 0) is 45.1 Å². The lowest BCUT2D eigenvalue weighted by Gasteiger charge is -2.24. The summed E-state index contributed by atoms with van der Waals surface area (Å²) in [4.78, 5) is 11.8. The molecular weight excluding hydrogens is 216 g/mol. The van der Waals surface area contributed by atoms with Gasteiger partial charge in [-0.15, -0.1) is 0 Å². The fourth-order valence-electron chi connectivity index (χ4n) is 2.59. The van der Waals surface area contributed by atoms with E-state index in [1.54, 1.807) is 0 Å². The highest BCUT2D eigenvalue weighted by Crippen LogP contribution is 2.15. The molecule has 0 bridgehead atoms. The molecule has 2 fully saturated rings. The zero-order chi connectivity index (χ0) is 11.9. The standard InChI is InChI=1S/C13H24N2O2/c16-13(12-6-1-3-8-14-12)15-9-7-11-5-2-4-10-17-11/h11-12,14H,1-10H2,(H,15,16)/t11?,12-/m1/s1. The molecule has 2 aliphatic heterocycles. The number of hydrogen-bond donors (Lipinski definition) is 2. The minimum Gasteiger partial charge on any atom is -0.378 e. The van der Waals surface area contributed by atoms with Crippen LogP contribution in [0.25, 0.3) is 0 Å². The summed E-state index contributed by atoms with van der Waals surface area (Å²) >= 11 is 0. The zero-order valence-electron chi connectivity index (χ0n) is 10.5. The summed E-state index contributed by atoms with van der Waals surface area (Å²) in [5.74, 6) is 0.167. The molecule has 0 saturated carbocycles. The third-order valence-electron chi connectivity index (χ3n) is 3.67. The van der Waals surface area contributed by atoms with Crippen molar-refractivity contribution in [1.82, 2.24) is 10.6 Å². The van der Waals surface area contributed by atoms with Crippen molar-refractivity contribution in [2.24, 2.45) is 0 Å². The van der Waals surface area contributed by atoms with E-state index in [9.17, 15) is 4.79 Å². The molecule has 2 aliphatic rings. The van der Waals surface area contributed by atoms with Gasteiger partial charge in [0.25, 0.3) is 0 Å². The fourth-order valence-corrected chi connectivity index (χ4v) is 2.59. The van der Waals surface area contributed by atoms with Crippen LogP contribution in [0.4, 0.5) is 0 Å². The summed E-state index contributed by atoms with van der Waals surface area (Å²) in [7, 11) is 0. The number of hydrogen-bond acceptors (Lipinski definition) is 3.